The lowest BCUT2D eigenvalue weighted by Crippen LogP contribution is -2.36. The van der Waals surface area contributed by atoms with Crippen LogP contribution < -0.4 is 0 Å². The van der Waals surface area contributed by atoms with Crippen molar-refractivity contribution in [1.82, 2.24) is 0 Å². The third-order valence-electron chi connectivity index (χ3n) is 8.61. The highest BCUT2D eigenvalue weighted by Crippen LogP contribution is 2.60. The molecule has 3 fully saturated rings. The summed E-state index contributed by atoms with van der Waals surface area (Å²) in [4.78, 5) is 0. The fourth-order valence-electron chi connectivity index (χ4n) is 6.71. The van der Waals surface area contributed by atoms with E-state index in [4.69, 9.17) is 0 Å². The molecule has 3 heteroatoms. The standard InChI is InChI=1S/C28H44O3/c1-18(9-7-15-27(4,5)31)23-13-14-24-21(10-8-16-28(23,24)6)11-12-22-17-25(29)20(3)26(30)19(22)2/h11-12,18,23-26,29-31H,2-3,7-10,13-17H2,1,4-6H3/b21-11+,22-12+/t18-,23+,24-,25+,26+,28+/m0/s1. The third kappa shape index (κ3) is 5.26. The van der Waals surface area contributed by atoms with Gasteiger partial charge in [-0.15, -0.1) is 0 Å². The Hall–Kier alpha value is -1.16. The van der Waals surface area contributed by atoms with E-state index in [0.717, 1.165) is 30.8 Å². The zero-order valence-electron chi connectivity index (χ0n) is 20.2. The molecule has 0 bridgehead atoms. The zero-order chi connectivity index (χ0) is 23.0. The van der Waals surface area contributed by atoms with E-state index >= 15 is 0 Å². The van der Waals surface area contributed by atoms with E-state index < -0.39 is 17.8 Å². The summed E-state index contributed by atoms with van der Waals surface area (Å²) < 4.78 is 0. The first kappa shape index (κ1) is 24.5. The van der Waals surface area contributed by atoms with E-state index in [1.54, 1.807) is 0 Å². The Kier molecular flexibility index (Phi) is 7.40. The third-order valence-corrected chi connectivity index (χ3v) is 8.61. The summed E-state index contributed by atoms with van der Waals surface area (Å²) in [6.07, 6.45) is 12.7. The van der Waals surface area contributed by atoms with Crippen molar-refractivity contribution in [3.05, 3.63) is 47.6 Å². The molecule has 0 aliphatic heterocycles. The second-order valence-corrected chi connectivity index (χ2v) is 11.4. The maximum Gasteiger partial charge on any atom is 0.102 e. The second-order valence-electron chi connectivity index (χ2n) is 11.4. The summed E-state index contributed by atoms with van der Waals surface area (Å²) >= 11 is 0. The molecule has 3 saturated carbocycles. The number of rotatable bonds is 6. The highest BCUT2D eigenvalue weighted by molar-refractivity contribution is 5.45. The number of aliphatic hydroxyl groups is 3. The number of hydrogen-bond acceptors (Lipinski definition) is 3. The SMILES string of the molecule is C=C1/C(=C/C=C2\CCC[C@]3(C)[C@@H]([C@@H](C)CCCC(C)(C)O)CC[C@@H]23)C[C@@H](O)C(=C)[C@@H]1O. The maximum atomic E-state index is 10.3. The summed E-state index contributed by atoms with van der Waals surface area (Å²) in [5.41, 5.74) is 3.41. The molecule has 3 nitrogen and oxygen atoms in total. The van der Waals surface area contributed by atoms with Crippen molar-refractivity contribution in [3.8, 4) is 0 Å². The van der Waals surface area contributed by atoms with Crippen LogP contribution in [0.2, 0.25) is 0 Å². The molecule has 0 unspecified atom stereocenters. The van der Waals surface area contributed by atoms with Crippen LogP contribution in [-0.2, 0) is 0 Å². The molecule has 0 radical (unpaired) electrons. The van der Waals surface area contributed by atoms with Gasteiger partial charge in [0.1, 0.15) is 6.10 Å². The van der Waals surface area contributed by atoms with E-state index in [0.29, 0.717) is 34.8 Å². The fourth-order valence-corrected chi connectivity index (χ4v) is 6.71. The largest absolute Gasteiger partial charge is 0.390 e. The van der Waals surface area contributed by atoms with Gasteiger partial charge in [-0.3, -0.25) is 0 Å². The van der Waals surface area contributed by atoms with Gasteiger partial charge in [-0.2, -0.15) is 0 Å². The molecule has 3 rings (SSSR count). The highest BCUT2D eigenvalue weighted by atomic mass is 16.3. The average Bonchev–Trinajstić information content (AvgIpc) is 3.04. The van der Waals surface area contributed by atoms with Gasteiger partial charge >= 0.3 is 0 Å². The average molecular weight is 429 g/mol. The van der Waals surface area contributed by atoms with Crippen LogP contribution in [0.5, 0.6) is 0 Å². The number of hydrogen-bond donors (Lipinski definition) is 3. The molecule has 31 heavy (non-hydrogen) atoms. The number of aliphatic hydroxyl groups excluding tert-OH is 2. The molecule has 0 aromatic heterocycles. The van der Waals surface area contributed by atoms with Crippen LogP contribution in [-0.4, -0.2) is 33.1 Å². The first-order chi connectivity index (χ1) is 14.4. The zero-order valence-corrected chi connectivity index (χ0v) is 20.2. The Morgan fingerprint density at radius 3 is 2.58 bits per heavy atom. The highest BCUT2D eigenvalue weighted by Gasteiger charge is 2.50. The Morgan fingerprint density at radius 2 is 1.90 bits per heavy atom. The topological polar surface area (TPSA) is 60.7 Å². The van der Waals surface area contributed by atoms with E-state index in [9.17, 15) is 15.3 Å². The Morgan fingerprint density at radius 1 is 1.19 bits per heavy atom. The van der Waals surface area contributed by atoms with Crippen LogP contribution in [0.25, 0.3) is 0 Å². The predicted molar refractivity (Wildman–Crippen MR) is 129 cm³/mol. The van der Waals surface area contributed by atoms with Crippen molar-refractivity contribution in [2.45, 2.75) is 103 Å². The molecule has 0 heterocycles. The maximum absolute atomic E-state index is 10.3. The van der Waals surface area contributed by atoms with Crippen LogP contribution in [0.1, 0.15) is 85.5 Å². The minimum absolute atomic E-state index is 0.355. The number of allylic oxidation sites excluding steroid dienone is 3. The van der Waals surface area contributed by atoms with Gasteiger partial charge in [0.25, 0.3) is 0 Å². The molecule has 0 amide bonds. The summed E-state index contributed by atoms with van der Waals surface area (Å²) in [5.74, 6) is 2.05. The summed E-state index contributed by atoms with van der Waals surface area (Å²) in [5, 5.41) is 30.5. The predicted octanol–water partition coefficient (Wildman–Crippen LogP) is 5.87. The Labute approximate surface area is 189 Å². The van der Waals surface area contributed by atoms with Gasteiger partial charge in [-0.05, 0) is 92.3 Å². The fraction of sp³-hybridized carbons (Fsp3) is 0.714. The quantitative estimate of drug-likeness (QED) is 0.464. The number of fused-ring (bicyclic) bond motifs is 1. The van der Waals surface area contributed by atoms with Gasteiger partial charge in [0.05, 0.1) is 11.7 Å². The molecule has 6 atom stereocenters. The molecule has 174 valence electrons. The lowest BCUT2D eigenvalue weighted by atomic mass is 9.60. The van der Waals surface area contributed by atoms with Gasteiger partial charge in [0, 0.05) is 6.42 Å². The first-order valence-electron chi connectivity index (χ1n) is 12.3. The van der Waals surface area contributed by atoms with Crippen molar-refractivity contribution in [3.63, 3.8) is 0 Å². The Balaban J connectivity index is 1.72. The molecule has 0 saturated heterocycles. The van der Waals surface area contributed by atoms with Crippen molar-refractivity contribution in [2.75, 3.05) is 0 Å². The van der Waals surface area contributed by atoms with Gasteiger partial charge in [0.2, 0.25) is 0 Å². The van der Waals surface area contributed by atoms with Crippen LogP contribution in [0.15, 0.2) is 47.6 Å². The molecular formula is C28H44O3. The van der Waals surface area contributed by atoms with E-state index in [-0.39, 0.29) is 0 Å². The Bertz CT molecular complexity index is 753. The van der Waals surface area contributed by atoms with E-state index in [2.05, 4.69) is 39.2 Å². The van der Waals surface area contributed by atoms with Crippen LogP contribution in [0.3, 0.4) is 0 Å². The van der Waals surface area contributed by atoms with Crippen LogP contribution >= 0.6 is 0 Å². The lowest BCUT2D eigenvalue weighted by molar-refractivity contribution is 0.0596. The van der Waals surface area contributed by atoms with Gasteiger partial charge in [0.15, 0.2) is 0 Å². The van der Waals surface area contributed by atoms with Crippen molar-refractivity contribution >= 4 is 0 Å². The van der Waals surface area contributed by atoms with Gasteiger partial charge < -0.3 is 15.3 Å². The minimum Gasteiger partial charge on any atom is -0.390 e. The molecule has 0 aromatic rings. The van der Waals surface area contributed by atoms with E-state index in [1.165, 1.54) is 37.7 Å². The van der Waals surface area contributed by atoms with Crippen molar-refractivity contribution in [1.29, 1.82) is 0 Å². The summed E-state index contributed by atoms with van der Waals surface area (Å²) in [7, 11) is 0. The smallest absolute Gasteiger partial charge is 0.102 e. The van der Waals surface area contributed by atoms with E-state index in [1.807, 2.05) is 13.8 Å². The second kappa shape index (κ2) is 9.37. The summed E-state index contributed by atoms with van der Waals surface area (Å²) in [6, 6.07) is 0. The minimum atomic E-state index is -0.842. The van der Waals surface area contributed by atoms with Crippen molar-refractivity contribution in [2.24, 2.45) is 23.2 Å². The first-order valence-corrected chi connectivity index (χ1v) is 12.3. The van der Waals surface area contributed by atoms with Crippen molar-refractivity contribution < 1.29 is 15.3 Å². The molecule has 3 N–H and O–H groups in total. The molecule has 0 aromatic carbocycles. The normalized spacial score (nSPS) is 38.0. The summed E-state index contributed by atoms with van der Waals surface area (Å²) in [6.45, 7) is 16.6. The van der Waals surface area contributed by atoms with Crippen LogP contribution in [0.4, 0.5) is 0 Å². The van der Waals surface area contributed by atoms with Gasteiger partial charge in [-0.1, -0.05) is 57.6 Å². The monoisotopic (exact) mass is 428 g/mol. The molecule has 3 aliphatic rings. The van der Waals surface area contributed by atoms with Gasteiger partial charge in [-0.25, -0.2) is 0 Å². The molecule has 3 aliphatic carbocycles. The molecule has 0 spiro atoms. The van der Waals surface area contributed by atoms with Crippen LogP contribution in [0, 0.1) is 23.2 Å². The lowest BCUT2D eigenvalue weighted by Gasteiger charge is -2.44. The molecular weight excluding hydrogens is 384 g/mol.